The number of aryl methyl sites for hydroxylation is 1. The molecular formula is C23H28N8O. The number of nitrogens with zero attached hydrogens (tertiary/aromatic N) is 7. The molecule has 0 radical (unpaired) electrons. The number of nitrogens with one attached hydrogen (secondary N) is 1. The molecule has 0 fully saturated rings. The molecule has 0 aromatic carbocycles. The minimum atomic E-state index is -0.0470. The van der Waals surface area contributed by atoms with E-state index in [0.717, 1.165) is 53.8 Å². The van der Waals surface area contributed by atoms with E-state index in [9.17, 15) is 4.79 Å². The normalized spacial score (nSPS) is 14.9. The largest absolute Gasteiger partial charge is 0.357 e. The highest BCUT2D eigenvalue weighted by atomic mass is 16.2. The van der Waals surface area contributed by atoms with Crippen LogP contribution in [0.4, 0.5) is 11.6 Å². The Kier molecular flexibility index (Phi) is 5.13. The van der Waals surface area contributed by atoms with Crippen molar-refractivity contribution in [2.75, 3.05) is 23.9 Å². The molecule has 3 aromatic heterocycles. The molecule has 5 rings (SSSR count). The van der Waals surface area contributed by atoms with Crippen molar-refractivity contribution >= 4 is 17.5 Å². The van der Waals surface area contributed by atoms with E-state index in [1.165, 1.54) is 0 Å². The predicted octanol–water partition coefficient (Wildman–Crippen LogP) is 2.41. The number of pyridine rings is 2. The van der Waals surface area contributed by atoms with Crippen LogP contribution >= 0.6 is 0 Å². The van der Waals surface area contributed by atoms with Crippen molar-refractivity contribution in [3.63, 3.8) is 0 Å². The van der Waals surface area contributed by atoms with E-state index in [-0.39, 0.29) is 11.9 Å². The van der Waals surface area contributed by atoms with E-state index in [1.807, 2.05) is 38.4 Å². The molecule has 1 amide bonds. The van der Waals surface area contributed by atoms with Crippen molar-refractivity contribution < 1.29 is 4.79 Å². The van der Waals surface area contributed by atoms with Gasteiger partial charge in [0.2, 0.25) is 0 Å². The molecule has 9 heteroatoms. The number of fused-ring (bicyclic) bond motifs is 2. The van der Waals surface area contributed by atoms with Gasteiger partial charge in [-0.3, -0.25) is 9.69 Å². The van der Waals surface area contributed by atoms with E-state index in [4.69, 9.17) is 9.97 Å². The third-order valence-electron chi connectivity index (χ3n) is 6.32. The number of hydrogen-bond donors (Lipinski definition) is 1. The Labute approximate surface area is 187 Å². The van der Waals surface area contributed by atoms with Gasteiger partial charge in [0.25, 0.3) is 5.91 Å². The Morgan fingerprint density at radius 3 is 2.84 bits per heavy atom. The Bertz CT molecular complexity index is 1180. The number of carbonyl (C=O) groups is 1. The van der Waals surface area contributed by atoms with Gasteiger partial charge >= 0.3 is 0 Å². The lowest BCUT2D eigenvalue weighted by atomic mass is 10.1. The molecule has 9 nitrogen and oxygen atoms in total. The van der Waals surface area contributed by atoms with Crippen LogP contribution < -0.4 is 15.1 Å². The molecule has 0 unspecified atom stereocenters. The molecule has 0 aliphatic carbocycles. The summed E-state index contributed by atoms with van der Waals surface area (Å²) in [6.07, 6.45) is 2.02. The number of aromatic nitrogens is 5. The summed E-state index contributed by atoms with van der Waals surface area (Å²) in [5.74, 6) is 3.14. The summed E-state index contributed by atoms with van der Waals surface area (Å²) < 4.78 is 2.12. The topological polar surface area (TPSA) is 92.1 Å². The van der Waals surface area contributed by atoms with Crippen LogP contribution in [0.15, 0.2) is 24.3 Å². The average Bonchev–Trinajstić information content (AvgIpc) is 3.48. The number of rotatable bonds is 6. The van der Waals surface area contributed by atoms with Crippen LogP contribution in [0.1, 0.15) is 47.7 Å². The third kappa shape index (κ3) is 3.33. The lowest BCUT2D eigenvalue weighted by molar-refractivity contribution is 0.0996. The molecule has 3 aromatic rings. The van der Waals surface area contributed by atoms with Gasteiger partial charge in [-0.1, -0.05) is 6.07 Å². The maximum Gasteiger partial charge on any atom is 0.260 e. The average molecular weight is 433 g/mol. The first-order valence-corrected chi connectivity index (χ1v) is 11.1. The van der Waals surface area contributed by atoms with Gasteiger partial charge in [-0.15, -0.1) is 10.2 Å². The van der Waals surface area contributed by atoms with Gasteiger partial charge in [0.1, 0.15) is 23.2 Å². The van der Waals surface area contributed by atoms with E-state index >= 15 is 0 Å². The van der Waals surface area contributed by atoms with Gasteiger partial charge in [0.05, 0.1) is 17.8 Å². The molecule has 0 bridgehead atoms. The molecule has 166 valence electrons. The number of hydrogen-bond acceptors (Lipinski definition) is 7. The second kappa shape index (κ2) is 7.98. The molecule has 0 saturated heterocycles. The molecule has 1 N–H and O–H groups in total. The SMILES string of the molecule is CNCc1nc(N(C)C(C)C)cc2c1CN(c1cccc(-c3nnc4n3CCC4)n1)C2=O. The van der Waals surface area contributed by atoms with Crippen LogP contribution in [0.25, 0.3) is 11.5 Å². The van der Waals surface area contributed by atoms with Crippen molar-refractivity contribution in [1.82, 2.24) is 30.0 Å². The molecule has 0 saturated carbocycles. The van der Waals surface area contributed by atoms with Gasteiger partial charge < -0.3 is 14.8 Å². The fourth-order valence-electron chi connectivity index (χ4n) is 4.33. The second-order valence-electron chi connectivity index (χ2n) is 8.66. The highest BCUT2D eigenvalue weighted by Gasteiger charge is 2.33. The molecule has 0 spiro atoms. The molecular weight excluding hydrogens is 404 g/mol. The summed E-state index contributed by atoms with van der Waals surface area (Å²) in [4.78, 5) is 26.9. The third-order valence-corrected chi connectivity index (χ3v) is 6.32. The highest BCUT2D eigenvalue weighted by molar-refractivity contribution is 6.10. The van der Waals surface area contributed by atoms with E-state index in [0.29, 0.717) is 24.5 Å². The van der Waals surface area contributed by atoms with Crippen molar-refractivity contribution in [3.8, 4) is 11.5 Å². The standard InChI is InChI=1S/C23H28N8O/c1-14(2)29(4)21-11-15-16(18(26-21)12-24-3)13-31(23(15)32)19-8-5-7-17(25-19)22-28-27-20-9-6-10-30(20)22/h5,7-8,11,14,24H,6,9-10,12-13H2,1-4H3. The van der Waals surface area contributed by atoms with E-state index < -0.39 is 0 Å². The summed E-state index contributed by atoms with van der Waals surface area (Å²) in [5.41, 5.74) is 3.29. The lowest BCUT2D eigenvalue weighted by Crippen LogP contribution is -2.27. The summed E-state index contributed by atoms with van der Waals surface area (Å²) in [7, 11) is 3.89. The number of amides is 1. The van der Waals surface area contributed by atoms with Gasteiger partial charge in [-0.05, 0) is 45.5 Å². The van der Waals surface area contributed by atoms with Crippen LogP contribution in [0, 0.1) is 0 Å². The number of anilines is 2. The van der Waals surface area contributed by atoms with Crippen molar-refractivity contribution in [1.29, 1.82) is 0 Å². The van der Waals surface area contributed by atoms with Crippen LogP contribution in [0.2, 0.25) is 0 Å². The van der Waals surface area contributed by atoms with Crippen molar-refractivity contribution in [3.05, 3.63) is 46.9 Å². The Hall–Kier alpha value is -3.33. The number of carbonyl (C=O) groups excluding carboxylic acids is 1. The zero-order valence-electron chi connectivity index (χ0n) is 19.0. The molecule has 2 aliphatic rings. The fraction of sp³-hybridized carbons (Fsp3) is 0.435. The molecule has 5 heterocycles. The Morgan fingerprint density at radius 1 is 1.22 bits per heavy atom. The summed E-state index contributed by atoms with van der Waals surface area (Å²) in [6, 6.07) is 7.91. The highest BCUT2D eigenvalue weighted by Crippen LogP contribution is 2.33. The summed E-state index contributed by atoms with van der Waals surface area (Å²) >= 11 is 0. The van der Waals surface area contributed by atoms with Gasteiger partial charge in [0, 0.05) is 38.2 Å². The first-order valence-electron chi connectivity index (χ1n) is 11.1. The second-order valence-corrected chi connectivity index (χ2v) is 8.66. The minimum Gasteiger partial charge on any atom is -0.357 e. The Balaban J connectivity index is 1.51. The quantitative estimate of drug-likeness (QED) is 0.639. The minimum absolute atomic E-state index is 0.0470. The maximum absolute atomic E-state index is 13.5. The van der Waals surface area contributed by atoms with Crippen LogP contribution in [-0.4, -0.2) is 50.8 Å². The van der Waals surface area contributed by atoms with E-state index in [1.54, 1.807) is 4.90 Å². The zero-order valence-corrected chi connectivity index (χ0v) is 19.0. The van der Waals surface area contributed by atoms with Gasteiger partial charge in [0.15, 0.2) is 5.82 Å². The smallest absolute Gasteiger partial charge is 0.260 e. The first-order chi connectivity index (χ1) is 15.5. The van der Waals surface area contributed by atoms with Crippen molar-refractivity contribution in [2.24, 2.45) is 0 Å². The molecule has 2 aliphatic heterocycles. The predicted molar refractivity (Wildman–Crippen MR) is 123 cm³/mol. The lowest BCUT2D eigenvalue weighted by Gasteiger charge is -2.24. The first kappa shape index (κ1) is 20.6. The van der Waals surface area contributed by atoms with Crippen LogP contribution in [-0.2, 0) is 26.1 Å². The molecule has 0 atom stereocenters. The van der Waals surface area contributed by atoms with E-state index in [2.05, 4.69) is 38.8 Å². The maximum atomic E-state index is 13.5. The van der Waals surface area contributed by atoms with Gasteiger partial charge in [-0.2, -0.15) is 0 Å². The van der Waals surface area contributed by atoms with Gasteiger partial charge in [-0.25, -0.2) is 9.97 Å². The summed E-state index contributed by atoms with van der Waals surface area (Å²) in [5, 5.41) is 11.8. The summed E-state index contributed by atoms with van der Waals surface area (Å²) in [6.45, 7) is 6.18. The fourth-order valence-corrected chi connectivity index (χ4v) is 4.33. The zero-order chi connectivity index (χ0) is 22.4. The van der Waals surface area contributed by atoms with Crippen LogP contribution in [0.5, 0.6) is 0 Å². The Morgan fingerprint density at radius 2 is 2.06 bits per heavy atom. The van der Waals surface area contributed by atoms with Crippen LogP contribution in [0.3, 0.4) is 0 Å². The van der Waals surface area contributed by atoms with Crippen molar-refractivity contribution in [2.45, 2.75) is 52.4 Å². The molecule has 32 heavy (non-hydrogen) atoms. The monoisotopic (exact) mass is 432 g/mol.